The maximum atomic E-state index is 9.73. The predicted molar refractivity (Wildman–Crippen MR) is 60.8 cm³/mol. The first-order valence-corrected chi connectivity index (χ1v) is 5.12. The highest BCUT2D eigenvalue weighted by Gasteiger charge is 2.14. The van der Waals surface area contributed by atoms with Crippen LogP contribution in [0.2, 0.25) is 0 Å². The third-order valence-corrected chi connectivity index (χ3v) is 3.48. The Kier molecular flexibility index (Phi) is 3.01. The van der Waals surface area contributed by atoms with Gasteiger partial charge in [0.1, 0.15) is 0 Å². The van der Waals surface area contributed by atoms with Crippen LogP contribution < -0.4 is 0 Å². The second kappa shape index (κ2) is 3.74. The Labute approximate surface area is 86.8 Å². The molecule has 0 aromatic heterocycles. The smallest absolute Gasteiger partial charge is 0.0767 e. The summed E-state index contributed by atoms with van der Waals surface area (Å²) in [4.78, 5) is 0. The first-order chi connectivity index (χ1) is 6.37. The molecule has 0 aliphatic rings. The van der Waals surface area contributed by atoms with Crippen LogP contribution >= 0.6 is 0 Å². The molecule has 0 aliphatic heterocycles. The number of aliphatic hydroxyl groups excluding tert-OH is 1. The lowest BCUT2D eigenvalue weighted by Gasteiger charge is -2.20. The van der Waals surface area contributed by atoms with Crippen molar-refractivity contribution in [2.45, 2.75) is 47.6 Å². The van der Waals surface area contributed by atoms with E-state index in [1.54, 1.807) is 0 Å². The molecule has 1 atom stereocenters. The second-order valence-electron chi connectivity index (χ2n) is 4.21. The molecule has 14 heavy (non-hydrogen) atoms. The lowest BCUT2D eigenvalue weighted by molar-refractivity contribution is 0.197. The van der Waals surface area contributed by atoms with Crippen molar-refractivity contribution in [2.24, 2.45) is 0 Å². The molecule has 0 saturated heterocycles. The fourth-order valence-corrected chi connectivity index (χ4v) is 2.16. The topological polar surface area (TPSA) is 20.2 Å². The number of hydrogen-bond donors (Lipinski definition) is 1. The van der Waals surface area contributed by atoms with E-state index in [0.717, 1.165) is 5.56 Å². The Morgan fingerprint density at radius 1 is 0.714 bits per heavy atom. The summed E-state index contributed by atoms with van der Waals surface area (Å²) in [5.74, 6) is 0. The highest BCUT2D eigenvalue weighted by atomic mass is 16.3. The van der Waals surface area contributed by atoms with Gasteiger partial charge in [-0.3, -0.25) is 0 Å². The molecule has 78 valence electrons. The van der Waals surface area contributed by atoms with Gasteiger partial charge in [0, 0.05) is 0 Å². The van der Waals surface area contributed by atoms with Crippen LogP contribution in [-0.2, 0) is 0 Å². The van der Waals surface area contributed by atoms with Gasteiger partial charge < -0.3 is 5.11 Å². The van der Waals surface area contributed by atoms with Crippen molar-refractivity contribution in [3.8, 4) is 0 Å². The van der Waals surface area contributed by atoms with Crippen molar-refractivity contribution in [3.63, 3.8) is 0 Å². The summed E-state index contributed by atoms with van der Waals surface area (Å²) in [7, 11) is 0. The summed E-state index contributed by atoms with van der Waals surface area (Å²) in [5.41, 5.74) is 7.55. The van der Waals surface area contributed by atoms with Gasteiger partial charge in [0.05, 0.1) is 6.10 Å². The molecule has 1 aromatic carbocycles. The van der Waals surface area contributed by atoms with Crippen LogP contribution in [-0.4, -0.2) is 5.11 Å². The molecule has 0 bridgehead atoms. The zero-order valence-corrected chi connectivity index (χ0v) is 10.0. The van der Waals surface area contributed by atoms with Gasteiger partial charge in [0.15, 0.2) is 0 Å². The van der Waals surface area contributed by atoms with Gasteiger partial charge in [-0.25, -0.2) is 0 Å². The van der Waals surface area contributed by atoms with Crippen molar-refractivity contribution >= 4 is 0 Å². The second-order valence-corrected chi connectivity index (χ2v) is 4.21. The molecule has 1 heteroatoms. The quantitative estimate of drug-likeness (QED) is 0.724. The maximum absolute atomic E-state index is 9.73. The standard InChI is InChI=1S/C13H20O/c1-7-8(2)10(4)13(12(6)14)11(5)9(7)3/h12,14H,1-6H3/t12-/m0/s1. The van der Waals surface area contributed by atoms with Crippen molar-refractivity contribution in [1.82, 2.24) is 0 Å². The fourth-order valence-electron chi connectivity index (χ4n) is 2.16. The van der Waals surface area contributed by atoms with E-state index in [-0.39, 0.29) is 6.10 Å². The van der Waals surface area contributed by atoms with Gasteiger partial charge in [-0.2, -0.15) is 0 Å². The van der Waals surface area contributed by atoms with E-state index in [1.807, 2.05) is 6.92 Å². The molecule has 1 aromatic rings. The van der Waals surface area contributed by atoms with E-state index in [2.05, 4.69) is 34.6 Å². The average Bonchev–Trinajstić information content (AvgIpc) is 2.11. The summed E-state index contributed by atoms with van der Waals surface area (Å²) in [5, 5.41) is 9.73. The highest BCUT2D eigenvalue weighted by Crippen LogP contribution is 2.29. The first-order valence-electron chi connectivity index (χ1n) is 5.12. The SMILES string of the molecule is Cc1c(C)c(C)c([C@H](C)O)c(C)c1C. The minimum Gasteiger partial charge on any atom is -0.389 e. The molecule has 0 amide bonds. The van der Waals surface area contributed by atoms with Crippen LogP contribution in [0.15, 0.2) is 0 Å². The summed E-state index contributed by atoms with van der Waals surface area (Å²) >= 11 is 0. The number of aliphatic hydroxyl groups is 1. The minimum atomic E-state index is -0.368. The minimum absolute atomic E-state index is 0.368. The molecule has 0 saturated carbocycles. The van der Waals surface area contributed by atoms with E-state index in [1.165, 1.54) is 27.8 Å². The number of hydrogen-bond acceptors (Lipinski definition) is 1. The molecule has 1 rings (SSSR count). The number of benzene rings is 1. The normalized spacial score (nSPS) is 13.1. The van der Waals surface area contributed by atoms with E-state index in [0.29, 0.717) is 0 Å². The lowest BCUT2D eigenvalue weighted by Crippen LogP contribution is -2.05. The average molecular weight is 192 g/mol. The zero-order chi connectivity index (χ0) is 11.0. The van der Waals surface area contributed by atoms with Crippen LogP contribution in [0.5, 0.6) is 0 Å². The Morgan fingerprint density at radius 2 is 1.00 bits per heavy atom. The van der Waals surface area contributed by atoms with Gasteiger partial charge in [-0.05, 0) is 74.9 Å². The molecule has 0 aliphatic carbocycles. The predicted octanol–water partition coefficient (Wildman–Crippen LogP) is 3.28. The van der Waals surface area contributed by atoms with Crippen molar-refractivity contribution in [3.05, 3.63) is 33.4 Å². The largest absolute Gasteiger partial charge is 0.389 e. The summed E-state index contributed by atoms with van der Waals surface area (Å²) < 4.78 is 0. The summed E-state index contributed by atoms with van der Waals surface area (Å²) in [6.07, 6.45) is -0.368. The van der Waals surface area contributed by atoms with Crippen LogP contribution in [0.25, 0.3) is 0 Å². The molecular formula is C13H20O. The van der Waals surface area contributed by atoms with Crippen LogP contribution in [0.3, 0.4) is 0 Å². The number of rotatable bonds is 1. The van der Waals surface area contributed by atoms with Gasteiger partial charge in [-0.15, -0.1) is 0 Å². The van der Waals surface area contributed by atoms with Crippen molar-refractivity contribution < 1.29 is 5.11 Å². The Morgan fingerprint density at radius 3 is 1.29 bits per heavy atom. The molecule has 0 radical (unpaired) electrons. The van der Waals surface area contributed by atoms with Crippen LogP contribution in [0.4, 0.5) is 0 Å². The molecule has 0 heterocycles. The van der Waals surface area contributed by atoms with E-state index >= 15 is 0 Å². The molecule has 0 unspecified atom stereocenters. The fraction of sp³-hybridized carbons (Fsp3) is 0.538. The highest BCUT2D eigenvalue weighted by molar-refractivity contribution is 5.50. The van der Waals surface area contributed by atoms with E-state index in [4.69, 9.17) is 0 Å². The van der Waals surface area contributed by atoms with Gasteiger partial charge in [-0.1, -0.05) is 0 Å². The molecule has 1 N–H and O–H groups in total. The van der Waals surface area contributed by atoms with E-state index < -0.39 is 0 Å². The van der Waals surface area contributed by atoms with Crippen molar-refractivity contribution in [2.75, 3.05) is 0 Å². The van der Waals surface area contributed by atoms with Gasteiger partial charge >= 0.3 is 0 Å². The Balaban J connectivity index is 3.60. The summed E-state index contributed by atoms with van der Waals surface area (Å²) in [6.45, 7) is 12.4. The Bertz CT molecular complexity index is 333. The van der Waals surface area contributed by atoms with Crippen LogP contribution in [0.1, 0.15) is 46.4 Å². The Hall–Kier alpha value is -0.820. The molecule has 0 spiro atoms. The zero-order valence-electron chi connectivity index (χ0n) is 10.0. The molecular weight excluding hydrogens is 172 g/mol. The molecule has 1 nitrogen and oxygen atoms in total. The lowest BCUT2D eigenvalue weighted by atomic mass is 9.87. The maximum Gasteiger partial charge on any atom is 0.0767 e. The van der Waals surface area contributed by atoms with Crippen LogP contribution in [0, 0.1) is 34.6 Å². The van der Waals surface area contributed by atoms with Gasteiger partial charge in [0.2, 0.25) is 0 Å². The first kappa shape index (κ1) is 11.3. The third-order valence-electron chi connectivity index (χ3n) is 3.48. The van der Waals surface area contributed by atoms with Crippen molar-refractivity contribution in [1.29, 1.82) is 0 Å². The van der Waals surface area contributed by atoms with E-state index in [9.17, 15) is 5.11 Å². The molecule has 0 fully saturated rings. The summed E-state index contributed by atoms with van der Waals surface area (Å²) in [6, 6.07) is 0. The monoisotopic (exact) mass is 192 g/mol. The third kappa shape index (κ3) is 1.57. The van der Waals surface area contributed by atoms with Gasteiger partial charge in [0.25, 0.3) is 0 Å².